The number of anilines is 1. The van der Waals surface area contributed by atoms with E-state index in [-0.39, 0.29) is 97.3 Å². The van der Waals surface area contributed by atoms with Gasteiger partial charge in [0.05, 0.1) is 24.8 Å². The molecule has 1 saturated carbocycles. The summed E-state index contributed by atoms with van der Waals surface area (Å²) in [4.78, 5) is 34.6. The Hall–Kier alpha value is -7.66. The summed E-state index contributed by atoms with van der Waals surface area (Å²) < 4.78 is 46.6. The Morgan fingerprint density at radius 3 is 2.32 bits per heavy atom. The summed E-state index contributed by atoms with van der Waals surface area (Å²) in [5.41, 5.74) is 2.29. The van der Waals surface area contributed by atoms with Gasteiger partial charge in [0, 0.05) is 99.1 Å². The number of terminal acetylenes is 1. The number of ether oxygens (including phenoxy) is 2. The first-order chi connectivity index (χ1) is 36.2. The largest absolute Gasteiger partial charge is 0.508 e. The molecule has 1 amide bonds. The van der Waals surface area contributed by atoms with Crippen LogP contribution in [0.15, 0.2) is 60.7 Å². The Balaban J connectivity index is 0.804. The Morgan fingerprint density at radius 1 is 0.907 bits per heavy atom. The van der Waals surface area contributed by atoms with E-state index in [2.05, 4.69) is 46.4 Å². The lowest BCUT2D eigenvalue weighted by Crippen LogP contribution is -2.51. The van der Waals surface area contributed by atoms with Crippen molar-refractivity contribution in [2.75, 3.05) is 71.0 Å². The van der Waals surface area contributed by atoms with Crippen LogP contribution in [0.5, 0.6) is 29.1 Å². The average Bonchev–Trinajstić information content (AvgIpc) is 3.88. The number of aromatic nitrogens is 6. The fourth-order valence-electron chi connectivity index (χ4n) is 11.1. The number of fused-ring (bicyclic) bond motifs is 4. The second-order valence-corrected chi connectivity index (χ2v) is 20.7. The van der Waals surface area contributed by atoms with Crippen LogP contribution in [0, 0.1) is 29.4 Å². The lowest BCUT2D eigenvalue weighted by atomic mass is 9.95. The van der Waals surface area contributed by atoms with E-state index >= 15 is 8.78 Å². The molecular formula is C56H59F2N11O6. The molecule has 75 heavy (non-hydrogen) atoms. The molecule has 0 radical (unpaired) electrons. The number of pyridine rings is 1. The van der Waals surface area contributed by atoms with Crippen LogP contribution in [-0.4, -0.2) is 139 Å². The monoisotopic (exact) mass is 1020 g/mol. The van der Waals surface area contributed by atoms with Gasteiger partial charge in [-0.05, 0) is 91.4 Å². The number of carbonyl (C=O) groups is 1. The third-order valence-electron chi connectivity index (χ3n) is 15.2. The fourth-order valence-corrected chi connectivity index (χ4v) is 11.1. The molecule has 2 atom stereocenters. The van der Waals surface area contributed by atoms with Gasteiger partial charge in [-0.15, -0.1) is 16.6 Å². The predicted molar refractivity (Wildman–Crippen MR) is 280 cm³/mol. The van der Waals surface area contributed by atoms with Gasteiger partial charge >= 0.3 is 6.01 Å². The first kappa shape index (κ1) is 49.5. The molecule has 6 heterocycles. The maximum atomic E-state index is 17.4. The standard InChI is InChI=1S/C56H59F2N11O6/c1-6-38-42(57)15-10-33-22-37(70)23-41(45(33)38)48-47(58)49-46(54(61-48)74-5)51(68-27-34-11-12-35(28-68)60-34)63-55(62-49)75-30-56(16-17-56)29-67-20-18-66(19-21-67)26-32-8-13-36(14-9-32)69-50(64-65-52(69)53(73)59-7-2)40-24-39(31(3)4)43(71)25-44(40)72/h1,8-10,13-15,22-25,31,34-35,60,70-72H,7,11-12,16-21,26-30H2,2-5H3,(H,59,73). The molecule has 4 fully saturated rings. The van der Waals surface area contributed by atoms with Gasteiger partial charge in [0.2, 0.25) is 11.7 Å². The highest BCUT2D eigenvalue weighted by molar-refractivity contribution is 6.04. The van der Waals surface area contributed by atoms with Crippen LogP contribution in [0.1, 0.15) is 79.7 Å². The minimum absolute atomic E-state index is 0.0230. The Bertz CT molecular complexity index is 3390. The number of hydrogen-bond donors (Lipinski definition) is 5. The number of hydrogen-bond acceptors (Lipinski definition) is 15. The summed E-state index contributed by atoms with van der Waals surface area (Å²) >= 11 is 0. The molecule has 0 spiro atoms. The van der Waals surface area contributed by atoms with Crippen LogP contribution in [0.4, 0.5) is 14.6 Å². The Morgan fingerprint density at radius 2 is 1.64 bits per heavy atom. The molecule has 3 aromatic heterocycles. The van der Waals surface area contributed by atoms with Crippen molar-refractivity contribution in [3.05, 3.63) is 94.8 Å². The molecule has 4 aliphatic rings. The first-order valence-corrected chi connectivity index (χ1v) is 25.6. The molecule has 4 aromatic carbocycles. The third kappa shape index (κ3) is 9.46. The van der Waals surface area contributed by atoms with Gasteiger partial charge in [-0.25, -0.2) is 13.8 Å². The molecule has 3 saturated heterocycles. The molecule has 2 bridgehead atoms. The molecule has 388 valence electrons. The maximum Gasteiger partial charge on any atom is 0.319 e. The average molecular weight is 1020 g/mol. The molecule has 7 aromatic rings. The van der Waals surface area contributed by atoms with E-state index in [1.165, 1.54) is 37.4 Å². The molecule has 17 nitrogen and oxygen atoms in total. The SMILES string of the molecule is C#Cc1c(F)ccc2cc(O)cc(-c3nc(OC)c4c(N5CC6CCC(C5)N6)nc(OCC5(CN6CCN(Cc7ccc(-n8c(C(=O)NCC)nnc8-c8cc(C(C)C)c(O)cc8O)cc7)CC6)CC5)nc4c3F)c12. The number of amides is 1. The zero-order chi connectivity index (χ0) is 52.3. The topological polar surface area (TPSA) is 199 Å². The van der Waals surface area contributed by atoms with E-state index in [1.54, 1.807) is 10.6 Å². The summed E-state index contributed by atoms with van der Waals surface area (Å²) in [5.74, 6) is 0.984. The zero-order valence-electron chi connectivity index (χ0n) is 42.3. The van der Waals surface area contributed by atoms with Crippen molar-refractivity contribution in [3.63, 3.8) is 0 Å². The zero-order valence-corrected chi connectivity index (χ0v) is 42.3. The maximum absolute atomic E-state index is 17.4. The lowest BCUT2D eigenvalue weighted by molar-refractivity contribution is 0.0920. The van der Waals surface area contributed by atoms with Gasteiger partial charge < -0.3 is 45.2 Å². The van der Waals surface area contributed by atoms with Gasteiger partial charge in [-0.3, -0.25) is 14.3 Å². The van der Waals surface area contributed by atoms with Crippen molar-refractivity contribution in [1.82, 2.24) is 50.1 Å². The van der Waals surface area contributed by atoms with E-state index in [9.17, 15) is 20.1 Å². The molecule has 2 unspecified atom stereocenters. The number of nitrogens with zero attached hydrogens (tertiary/aromatic N) is 9. The molecule has 5 N–H and O–H groups in total. The minimum Gasteiger partial charge on any atom is -0.508 e. The molecule has 19 heteroatoms. The van der Waals surface area contributed by atoms with Crippen LogP contribution < -0.4 is 25.0 Å². The van der Waals surface area contributed by atoms with Crippen molar-refractivity contribution in [2.24, 2.45) is 5.41 Å². The van der Waals surface area contributed by atoms with Crippen molar-refractivity contribution in [2.45, 2.75) is 71.0 Å². The van der Waals surface area contributed by atoms with E-state index < -0.39 is 17.5 Å². The van der Waals surface area contributed by atoms with Crippen molar-refractivity contribution in [1.29, 1.82) is 0 Å². The quantitative estimate of drug-likeness (QED) is 0.0643. The Labute approximate surface area is 432 Å². The second-order valence-electron chi connectivity index (χ2n) is 20.7. The smallest absolute Gasteiger partial charge is 0.319 e. The number of nitrogens with one attached hydrogen (secondary N) is 2. The number of benzene rings is 4. The highest BCUT2D eigenvalue weighted by atomic mass is 19.1. The van der Waals surface area contributed by atoms with Gasteiger partial charge in [0.25, 0.3) is 5.91 Å². The van der Waals surface area contributed by atoms with Gasteiger partial charge in [-0.2, -0.15) is 9.97 Å². The molecule has 1 aliphatic carbocycles. The number of phenols is 3. The summed E-state index contributed by atoms with van der Waals surface area (Å²) in [6, 6.07) is 16.8. The normalized spacial score (nSPS) is 18.5. The summed E-state index contributed by atoms with van der Waals surface area (Å²) in [5, 5.41) is 48.3. The number of piperazine rings is 2. The number of methoxy groups -OCH3 is 1. The lowest BCUT2D eigenvalue weighted by Gasteiger charge is -2.36. The van der Waals surface area contributed by atoms with Crippen LogP contribution >= 0.6 is 0 Å². The van der Waals surface area contributed by atoms with Crippen LogP contribution in [0.2, 0.25) is 0 Å². The second kappa shape index (κ2) is 19.9. The number of phenolic OH excluding ortho intramolecular Hbond substituents is 3. The van der Waals surface area contributed by atoms with Crippen LogP contribution in [0.3, 0.4) is 0 Å². The Kier molecular flexibility index (Phi) is 13.1. The molecule has 11 rings (SSSR count). The summed E-state index contributed by atoms with van der Waals surface area (Å²) in [6.45, 7) is 12.6. The number of aromatic hydroxyl groups is 3. The van der Waals surface area contributed by atoms with Gasteiger partial charge in [-0.1, -0.05) is 38.0 Å². The third-order valence-corrected chi connectivity index (χ3v) is 15.2. The minimum atomic E-state index is -0.811. The van der Waals surface area contributed by atoms with Gasteiger partial charge in [0.1, 0.15) is 45.5 Å². The van der Waals surface area contributed by atoms with Crippen molar-refractivity contribution in [3.8, 4) is 69.8 Å². The van der Waals surface area contributed by atoms with Crippen LogP contribution in [0.25, 0.3) is 50.0 Å². The predicted octanol–water partition coefficient (Wildman–Crippen LogP) is 7.27. The van der Waals surface area contributed by atoms with Crippen LogP contribution in [-0.2, 0) is 6.54 Å². The molecule has 3 aliphatic heterocycles. The number of halogens is 2. The number of carbonyl (C=O) groups excluding carboxylic acids is 1. The first-order valence-electron chi connectivity index (χ1n) is 25.6. The summed E-state index contributed by atoms with van der Waals surface area (Å²) in [6.07, 6.45) is 9.73. The highest BCUT2D eigenvalue weighted by Gasteiger charge is 2.46. The van der Waals surface area contributed by atoms with Crippen molar-refractivity contribution < 1.29 is 38.4 Å². The van der Waals surface area contributed by atoms with E-state index in [4.69, 9.17) is 25.9 Å². The van der Waals surface area contributed by atoms with Crippen molar-refractivity contribution >= 4 is 33.4 Å². The number of rotatable bonds is 15. The summed E-state index contributed by atoms with van der Waals surface area (Å²) in [7, 11) is 1.44. The van der Waals surface area contributed by atoms with Gasteiger partial charge in [0.15, 0.2) is 11.6 Å². The fraction of sp³-hybridized carbons (Fsp3) is 0.393. The van der Waals surface area contributed by atoms with E-state index in [0.29, 0.717) is 54.3 Å². The molecular weight excluding hydrogens is 961 g/mol. The van der Waals surface area contributed by atoms with E-state index in [1.807, 2.05) is 45.0 Å². The van der Waals surface area contributed by atoms with E-state index in [0.717, 1.165) is 70.5 Å². The highest BCUT2D eigenvalue weighted by Crippen LogP contribution is 2.48.